The lowest BCUT2D eigenvalue weighted by atomic mass is 10.2. The Bertz CT molecular complexity index is 403. The highest BCUT2D eigenvalue weighted by Gasteiger charge is 2.29. The lowest BCUT2D eigenvalue weighted by molar-refractivity contribution is -0.193. The monoisotopic (exact) mass is 301 g/mol. The molecule has 0 saturated carbocycles. The highest BCUT2D eigenvalue weighted by atomic mass is 16.7. The smallest absolute Gasteiger partial charge is 0.189 e. The lowest BCUT2D eigenvalue weighted by Crippen LogP contribution is -2.29. The first-order valence-electron chi connectivity index (χ1n) is 7.20. The molecule has 7 nitrogen and oxygen atoms in total. The lowest BCUT2D eigenvalue weighted by Gasteiger charge is -2.24. The molecule has 7 heteroatoms. The second-order valence-corrected chi connectivity index (χ2v) is 4.85. The van der Waals surface area contributed by atoms with Gasteiger partial charge in [0.25, 0.3) is 0 Å². The Morgan fingerprint density at radius 3 is 2.38 bits per heavy atom. The van der Waals surface area contributed by atoms with Crippen molar-refractivity contribution in [3.63, 3.8) is 0 Å². The fraction of sp³-hybridized carbons (Fsp3) is 0.786. The summed E-state index contributed by atoms with van der Waals surface area (Å²) in [5.41, 5.74) is 0.575. The first kappa shape index (κ1) is 17.9. The molecule has 0 aliphatic carbocycles. The predicted molar refractivity (Wildman–Crippen MR) is 79.3 cm³/mol. The number of aromatic nitrogens is 2. The summed E-state index contributed by atoms with van der Waals surface area (Å²) >= 11 is 0. The van der Waals surface area contributed by atoms with E-state index in [4.69, 9.17) is 14.2 Å². The molecule has 0 radical (unpaired) electrons. The minimum absolute atomic E-state index is 0.454. The third-order valence-corrected chi connectivity index (χ3v) is 3.02. The number of hydrogen-bond donors (Lipinski definition) is 1. The van der Waals surface area contributed by atoms with Crippen LogP contribution in [0.2, 0.25) is 0 Å². The van der Waals surface area contributed by atoms with E-state index in [1.807, 2.05) is 32.8 Å². The van der Waals surface area contributed by atoms with Gasteiger partial charge in [-0.1, -0.05) is 0 Å². The first-order valence-corrected chi connectivity index (χ1v) is 7.20. The quantitative estimate of drug-likeness (QED) is 0.647. The molecule has 1 N–H and O–H groups in total. The minimum Gasteiger partial charge on any atom is -0.493 e. The Balaban J connectivity index is 2.97. The number of ether oxygens (including phenoxy) is 3. The van der Waals surface area contributed by atoms with Gasteiger partial charge in [0.15, 0.2) is 18.1 Å². The van der Waals surface area contributed by atoms with Gasteiger partial charge in [0.2, 0.25) is 0 Å². The maximum Gasteiger partial charge on any atom is 0.189 e. The van der Waals surface area contributed by atoms with E-state index >= 15 is 0 Å². The highest BCUT2D eigenvalue weighted by Crippen LogP contribution is 2.29. The van der Waals surface area contributed by atoms with E-state index in [0.717, 1.165) is 6.54 Å². The van der Waals surface area contributed by atoms with E-state index in [9.17, 15) is 5.11 Å². The number of methoxy groups -OCH3 is 1. The van der Waals surface area contributed by atoms with Crippen LogP contribution in [0.25, 0.3) is 0 Å². The Morgan fingerprint density at radius 2 is 1.90 bits per heavy atom. The van der Waals surface area contributed by atoms with Gasteiger partial charge in [-0.3, -0.25) is 4.68 Å². The van der Waals surface area contributed by atoms with Crippen LogP contribution in [-0.2, 0) is 16.0 Å². The van der Waals surface area contributed by atoms with Gasteiger partial charge in [-0.25, -0.2) is 0 Å². The standard InChI is InChI=1S/C14H27N3O4/c1-6-20-14(21-7-2)13(18)12-11(19-5)10-15-17(12)9-8-16(3)4/h10,13-14,18H,6-9H2,1-5H3. The van der Waals surface area contributed by atoms with Gasteiger partial charge in [0.05, 0.1) is 19.9 Å². The molecule has 0 aliphatic heterocycles. The van der Waals surface area contributed by atoms with Crippen LogP contribution in [0.5, 0.6) is 5.75 Å². The van der Waals surface area contributed by atoms with Crippen molar-refractivity contribution in [2.45, 2.75) is 32.8 Å². The zero-order valence-electron chi connectivity index (χ0n) is 13.6. The van der Waals surface area contributed by atoms with Crippen LogP contribution in [0.15, 0.2) is 6.20 Å². The van der Waals surface area contributed by atoms with E-state index in [-0.39, 0.29) is 0 Å². The van der Waals surface area contributed by atoms with Crippen molar-refractivity contribution < 1.29 is 19.3 Å². The molecule has 0 amide bonds. The summed E-state index contributed by atoms with van der Waals surface area (Å²) in [5, 5.41) is 14.9. The molecule has 0 bridgehead atoms. The number of rotatable bonds is 10. The third kappa shape index (κ3) is 4.96. The maximum absolute atomic E-state index is 10.6. The summed E-state index contributed by atoms with van der Waals surface area (Å²) in [6.07, 6.45) is -0.0865. The van der Waals surface area contributed by atoms with Gasteiger partial charge in [0, 0.05) is 19.8 Å². The third-order valence-electron chi connectivity index (χ3n) is 3.02. The van der Waals surface area contributed by atoms with Crippen molar-refractivity contribution in [1.82, 2.24) is 14.7 Å². The van der Waals surface area contributed by atoms with Gasteiger partial charge in [-0.05, 0) is 27.9 Å². The second-order valence-electron chi connectivity index (χ2n) is 4.85. The van der Waals surface area contributed by atoms with Crippen LogP contribution in [0.4, 0.5) is 0 Å². The maximum atomic E-state index is 10.6. The molecule has 1 unspecified atom stereocenters. The molecule has 1 atom stereocenters. The van der Waals surface area contributed by atoms with E-state index in [2.05, 4.69) is 5.10 Å². The van der Waals surface area contributed by atoms with Crippen molar-refractivity contribution in [3.8, 4) is 5.75 Å². The predicted octanol–water partition coefficient (Wildman–Crippen LogP) is 0.886. The molecule has 1 rings (SSSR count). The zero-order chi connectivity index (χ0) is 15.8. The molecule has 0 fully saturated rings. The zero-order valence-corrected chi connectivity index (χ0v) is 13.6. The van der Waals surface area contributed by atoms with Crippen LogP contribution in [0.3, 0.4) is 0 Å². The average molecular weight is 301 g/mol. The highest BCUT2D eigenvalue weighted by molar-refractivity contribution is 5.27. The van der Waals surface area contributed by atoms with Crippen molar-refractivity contribution in [2.24, 2.45) is 0 Å². The molecule has 122 valence electrons. The summed E-state index contributed by atoms with van der Waals surface area (Å²) in [7, 11) is 5.53. The summed E-state index contributed by atoms with van der Waals surface area (Å²) in [4.78, 5) is 2.05. The van der Waals surface area contributed by atoms with Crippen LogP contribution in [-0.4, -0.2) is 67.0 Å². The Hall–Kier alpha value is -1.15. The Morgan fingerprint density at radius 1 is 1.29 bits per heavy atom. The largest absolute Gasteiger partial charge is 0.493 e. The Kier molecular flexibility index (Phi) is 7.66. The van der Waals surface area contributed by atoms with Crippen LogP contribution in [0, 0.1) is 0 Å². The minimum atomic E-state index is -0.954. The summed E-state index contributed by atoms with van der Waals surface area (Å²) < 4.78 is 18.0. The molecule has 1 aromatic rings. The number of hydrogen-bond acceptors (Lipinski definition) is 6. The molecule has 0 aromatic carbocycles. The summed E-state index contributed by atoms with van der Waals surface area (Å²) in [6.45, 7) is 6.08. The van der Waals surface area contributed by atoms with Gasteiger partial charge < -0.3 is 24.2 Å². The molecule has 0 spiro atoms. The summed E-state index contributed by atoms with van der Waals surface area (Å²) in [5.74, 6) is 0.533. The van der Waals surface area contributed by atoms with Crippen LogP contribution >= 0.6 is 0 Å². The average Bonchev–Trinajstić information content (AvgIpc) is 2.87. The molecule has 1 heterocycles. The van der Waals surface area contributed by atoms with Crippen LogP contribution in [0.1, 0.15) is 25.6 Å². The van der Waals surface area contributed by atoms with Crippen molar-refractivity contribution in [3.05, 3.63) is 11.9 Å². The fourth-order valence-electron chi connectivity index (χ4n) is 1.99. The van der Waals surface area contributed by atoms with Gasteiger partial charge >= 0.3 is 0 Å². The fourth-order valence-corrected chi connectivity index (χ4v) is 1.99. The van der Waals surface area contributed by atoms with E-state index in [0.29, 0.717) is 31.2 Å². The van der Waals surface area contributed by atoms with Crippen LogP contribution < -0.4 is 4.74 Å². The van der Waals surface area contributed by atoms with Crippen molar-refractivity contribution >= 4 is 0 Å². The Labute approximate surface area is 126 Å². The van der Waals surface area contributed by atoms with E-state index < -0.39 is 12.4 Å². The summed E-state index contributed by atoms with van der Waals surface area (Å²) in [6, 6.07) is 0. The van der Waals surface area contributed by atoms with E-state index in [1.165, 1.54) is 0 Å². The van der Waals surface area contributed by atoms with Gasteiger partial charge in [0.1, 0.15) is 5.69 Å². The van der Waals surface area contributed by atoms with Gasteiger partial charge in [-0.15, -0.1) is 0 Å². The normalized spacial score (nSPS) is 13.1. The number of likely N-dealkylation sites (N-methyl/N-ethyl adjacent to an activating group) is 1. The molecule has 0 saturated heterocycles. The number of nitrogens with zero attached hydrogens (tertiary/aromatic N) is 3. The molecule has 21 heavy (non-hydrogen) atoms. The molecule has 1 aromatic heterocycles. The van der Waals surface area contributed by atoms with E-state index in [1.54, 1.807) is 18.0 Å². The SMILES string of the molecule is CCOC(OCC)C(O)c1c(OC)cnn1CCN(C)C. The number of aliphatic hydroxyl groups is 1. The topological polar surface area (TPSA) is 69.0 Å². The first-order chi connectivity index (χ1) is 10.0. The molecular formula is C14H27N3O4. The number of aliphatic hydroxyl groups excluding tert-OH is 1. The molecular weight excluding hydrogens is 274 g/mol. The second kappa shape index (κ2) is 8.99. The molecule has 0 aliphatic rings. The van der Waals surface area contributed by atoms with Gasteiger partial charge in [-0.2, -0.15) is 5.10 Å². The van der Waals surface area contributed by atoms with Crippen molar-refractivity contribution in [2.75, 3.05) is 41.0 Å². The van der Waals surface area contributed by atoms with Crippen molar-refractivity contribution in [1.29, 1.82) is 0 Å².